The lowest BCUT2D eigenvalue weighted by Crippen LogP contribution is -2.46. The highest BCUT2D eigenvalue weighted by Gasteiger charge is 2.23. The van der Waals surface area contributed by atoms with Gasteiger partial charge in [-0.3, -0.25) is 19.4 Å². The second-order valence-corrected chi connectivity index (χ2v) is 8.60. The Morgan fingerprint density at radius 1 is 1.16 bits per heavy atom. The van der Waals surface area contributed by atoms with Crippen molar-refractivity contribution < 1.29 is 4.79 Å². The Balaban J connectivity index is 1.38. The molecular weight excluding hydrogens is 406 g/mol. The molecular formula is C24H29N5OS. The molecule has 1 unspecified atom stereocenters. The van der Waals surface area contributed by atoms with E-state index < -0.39 is 0 Å². The summed E-state index contributed by atoms with van der Waals surface area (Å²) in [6.45, 7) is 4.84. The fourth-order valence-electron chi connectivity index (χ4n) is 4.14. The molecule has 162 valence electrons. The number of rotatable bonds is 7. The van der Waals surface area contributed by atoms with Crippen LogP contribution in [0.15, 0.2) is 54.6 Å². The number of hydrogen-bond acceptors (Lipinski definition) is 4. The van der Waals surface area contributed by atoms with Crippen molar-refractivity contribution >= 4 is 18.1 Å². The number of hydrogen-bond donors (Lipinski definition) is 2. The monoisotopic (exact) mass is 435 g/mol. The van der Waals surface area contributed by atoms with Gasteiger partial charge in [-0.1, -0.05) is 66.6 Å². The first-order valence-electron chi connectivity index (χ1n) is 10.9. The lowest BCUT2D eigenvalue weighted by Gasteiger charge is -2.36. The predicted octanol–water partition coefficient (Wildman–Crippen LogP) is 4.09. The molecule has 2 N–H and O–H groups in total. The largest absolute Gasteiger partial charge is 0.353 e. The number of amides is 1. The molecule has 1 aromatic heterocycles. The number of carbonyl (C=O) groups is 1. The summed E-state index contributed by atoms with van der Waals surface area (Å²) in [7, 11) is 0. The van der Waals surface area contributed by atoms with E-state index in [1.807, 2.05) is 37.3 Å². The van der Waals surface area contributed by atoms with Crippen LogP contribution in [-0.2, 0) is 17.9 Å². The van der Waals surface area contributed by atoms with Crippen molar-refractivity contribution in [3.05, 3.63) is 70.5 Å². The van der Waals surface area contributed by atoms with Crippen molar-refractivity contribution in [2.24, 2.45) is 0 Å². The zero-order chi connectivity index (χ0) is 21.6. The number of likely N-dealkylation sites (tertiary alicyclic amines) is 1. The number of nitrogens with one attached hydrogen (secondary N) is 2. The average Bonchev–Trinajstić information content (AvgIpc) is 3.14. The van der Waals surface area contributed by atoms with Crippen LogP contribution in [-0.4, -0.2) is 44.7 Å². The van der Waals surface area contributed by atoms with Crippen LogP contribution < -0.4 is 5.32 Å². The van der Waals surface area contributed by atoms with E-state index in [2.05, 4.69) is 44.7 Å². The van der Waals surface area contributed by atoms with Crippen LogP contribution >= 0.6 is 12.2 Å². The summed E-state index contributed by atoms with van der Waals surface area (Å²) in [6.07, 6.45) is 3.52. The Morgan fingerprint density at radius 3 is 2.71 bits per heavy atom. The fourth-order valence-corrected chi connectivity index (χ4v) is 4.33. The molecule has 3 aromatic rings. The van der Waals surface area contributed by atoms with E-state index in [0.29, 0.717) is 23.2 Å². The number of piperidine rings is 1. The molecule has 1 aliphatic heterocycles. The standard InChI is InChI=1S/C24H29N5OS/c1-18-10-12-20(13-11-18)23-26-27-24(31)29(23)17-22(30)25-15-21-9-5-6-14-28(21)16-19-7-3-2-4-8-19/h2-4,7-8,10-13,21H,5-6,9,14-17H2,1H3,(H,25,30)(H,27,31). The number of aromatic nitrogens is 3. The third kappa shape index (κ3) is 5.48. The maximum Gasteiger partial charge on any atom is 0.240 e. The molecule has 2 heterocycles. The molecule has 1 amide bonds. The van der Waals surface area contributed by atoms with Gasteiger partial charge < -0.3 is 5.32 Å². The molecule has 0 aliphatic carbocycles. The van der Waals surface area contributed by atoms with Crippen LogP contribution in [0.3, 0.4) is 0 Å². The van der Waals surface area contributed by atoms with E-state index in [9.17, 15) is 4.79 Å². The van der Waals surface area contributed by atoms with Crippen molar-refractivity contribution in [2.45, 2.75) is 45.3 Å². The van der Waals surface area contributed by atoms with E-state index in [-0.39, 0.29) is 12.5 Å². The number of nitrogens with zero attached hydrogens (tertiary/aromatic N) is 3. The predicted molar refractivity (Wildman–Crippen MR) is 125 cm³/mol. The van der Waals surface area contributed by atoms with Crippen molar-refractivity contribution in [3.63, 3.8) is 0 Å². The van der Waals surface area contributed by atoms with Gasteiger partial charge in [0.05, 0.1) is 0 Å². The molecule has 6 nitrogen and oxygen atoms in total. The van der Waals surface area contributed by atoms with Crippen molar-refractivity contribution in [3.8, 4) is 11.4 Å². The second-order valence-electron chi connectivity index (χ2n) is 8.21. The molecule has 1 aliphatic rings. The molecule has 1 saturated heterocycles. The maximum absolute atomic E-state index is 12.8. The molecule has 7 heteroatoms. The summed E-state index contributed by atoms with van der Waals surface area (Å²) in [5.74, 6) is 0.639. The van der Waals surface area contributed by atoms with Crippen LogP contribution in [0.1, 0.15) is 30.4 Å². The van der Waals surface area contributed by atoms with Gasteiger partial charge >= 0.3 is 0 Å². The molecule has 0 spiro atoms. The van der Waals surface area contributed by atoms with Crippen LogP contribution in [0, 0.1) is 11.7 Å². The van der Waals surface area contributed by atoms with Crippen molar-refractivity contribution in [2.75, 3.05) is 13.1 Å². The lowest BCUT2D eigenvalue weighted by molar-refractivity contribution is -0.122. The highest BCUT2D eigenvalue weighted by Crippen LogP contribution is 2.20. The van der Waals surface area contributed by atoms with E-state index in [1.54, 1.807) is 4.57 Å². The Hall–Kier alpha value is -2.77. The molecule has 2 aromatic carbocycles. The number of benzene rings is 2. The highest BCUT2D eigenvalue weighted by molar-refractivity contribution is 7.71. The van der Waals surface area contributed by atoms with E-state index in [4.69, 9.17) is 12.2 Å². The molecule has 4 rings (SSSR count). The number of aryl methyl sites for hydroxylation is 1. The normalized spacial score (nSPS) is 16.9. The summed E-state index contributed by atoms with van der Waals surface area (Å²) >= 11 is 5.37. The molecule has 31 heavy (non-hydrogen) atoms. The highest BCUT2D eigenvalue weighted by atomic mass is 32.1. The Labute approximate surface area is 188 Å². The van der Waals surface area contributed by atoms with Crippen LogP contribution in [0.2, 0.25) is 0 Å². The van der Waals surface area contributed by atoms with Gasteiger partial charge in [0.2, 0.25) is 5.91 Å². The SMILES string of the molecule is Cc1ccc(-c2n[nH]c(=S)n2CC(=O)NCC2CCCCN2Cc2ccccc2)cc1. The van der Waals surface area contributed by atoms with Crippen LogP contribution in [0.25, 0.3) is 11.4 Å². The van der Waals surface area contributed by atoms with Crippen molar-refractivity contribution in [1.82, 2.24) is 25.0 Å². The minimum Gasteiger partial charge on any atom is -0.353 e. The number of aromatic amines is 1. The average molecular weight is 436 g/mol. The van der Waals surface area contributed by atoms with Crippen LogP contribution in [0.4, 0.5) is 0 Å². The first-order chi connectivity index (χ1) is 15.1. The van der Waals surface area contributed by atoms with Gasteiger partial charge in [-0.25, -0.2) is 0 Å². The smallest absolute Gasteiger partial charge is 0.240 e. The minimum absolute atomic E-state index is 0.0453. The molecule has 0 bridgehead atoms. The quantitative estimate of drug-likeness (QED) is 0.549. The fraction of sp³-hybridized carbons (Fsp3) is 0.375. The second kappa shape index (κ2) is 10.0. The summed E-state index contributed by atoms with van der Waals surface area (Å²) < 4.78 is 2.21. The van der Waals surface area contributed by atoms with Gasteiger partial charge in [0.25, 0.3) is 0 Å². The Morgan fingerprint density at radius 2 is 1.94 bits per heavy atom. The molecule has 1 fully saturated rings. The summed E-state index contributed by atoms with van der Waals surface area (Å²) in [5.41, 5.74) is 3.43. The minimum atomic E-state index is -0.0453. The summed E-state index contributed by atoms with van der Waals surface area (Å²) in [4.78, 5) is 15.3. The first kappa shape index (κ1) is 21.5. The first-order valence-corrected chi connectivity index (χ1v) is 11.3. The molecule has 0 radical (unpaired) electrons. The molecule has 0 saturated carbocycles. The maximum atomic E-state index is 12.8. The molecule has 1 atom stereocenters. The third-order valence-electron chi connectivity index (χ3n) is 5.88. The van der Waals surface area contributed by atoms with E-state index in [1.165, 1.54) is 24.0 Å². The number of carbonyl (C=O) groups excluding carboxylic acids is 1. The van der Waals surface area contributed by atoms with Gasteiger partial charge in [0.15, 0.2) is 10.6 Å². The third-order valence-corrected chi connectivity index (χ3v) is 6.19. The van der Waals surface area contributed by atoms with E-state index >= 15 is 0 Å². The topological polar surface area (TPSA) is 66.0 Å². The van der Waals surface area contributed by atoms with Crippen LogP contribution in [0.5, 0.6) is 0 Å². The van der Waals surface area contributed by atoms with E-state index in [0.717, 1.165) is 25.1 Å². The van der Waals surface area contributed by atoms with Gasteiger partial charge in [-0.2, -0.15) is 5.10 Å². The number of H-pyrrole nitrogens is 1. The zero-order valence-electron chi connectivity index (χ0n) is 17.9. The van der Waals surface area contributed by atoms with Gasteiger partial charge in [-0.05, 0) is 44.1 Å². The van der Waals surface area contributed by atoms with Gasteiger partial charge in [-0.15, -0.1) is 0 Å². The lowest BCUT2D eigenvalue weighted by atomic mass is 10.0. The van der Waals surface area contributed by atoms with Gasteiger partial charge in [0.1, 0.15) is 6.54 Å². The van der Waals surface area contributed by atoms with Gasteiger partial charge in [0, 0.05) is 24.7 Å². The van der Waals surface area contributed by atoms with Crippen molar-refractivity contribution in [1.29, 1.82) is 0 Å². The summed E-state index contributed by atoms with van der Waals surface area (Å²) in [6, 6.07) is 18.9. The Bertz CT molecular complexity index is 1060. The summed E-state index contributed by atoms with van der Waals surface area (Å²) in [5, 5.41) is 10.3. The zero-order valence-corrected chi connectivity index (χ0v) is 18.7. The Kier molecular flexibility index (Phi) is 6.94.